The molecule has 0 fully saturated rings. The first-order chi connectivity index (χ1) is 6.49. The largest absolute Gasteiger partial charge is 0.293 e. The van der Waals surface area contributed by atoms with Crippen molar-refractivity contribution >= 4 is 49.2 Å². The maximum atomic E-state index is 13.2. The van der Waals surface area contributed by atoms with Crippen LogP contribution < -0.4 is 0 Å². The molecule has 0 aliphatic heterocycles. The number of benzene rings is 1. The molecule has 0 amide bonds. The Morgan fingerprint density at radius 1 is 1.29 bits per heavy atom. The van der Waals surface area contributed by atoms with Crippen LogP contribution >= 0.6 is 43.5 Å². The van der Waals surface area contributed by atoms with Crippen LogP contribution in [0.5, 0.6) is 0 Å². The van der Waals surface area contributed by atoms with Crippen molar-refractivity contribution in [1.29, 1.82) is 0 Å². The Morgan fingerprint density at radius 2 is 1.86 bits per heavy atom. The number of carbonyl (C=O) groups excluding carboxylic acids is 1. The van der Waals surface area contributed by atoms with E-state index in [2.05, 4.69) is 31.9 Å². The molecule has 0 N–H and O–H groups in total. The third-order valence-electron chi connectivity index (χ3n) is 1.51. The van der Waals surface area contributed by atoms with E-state index in [9.17, 15) is 13.6 Å². The fraction of sp³-hybridized carbons (Fsp3) is 0.125. The maximum absolute atomic E-state index is 13.2. The number of rotatable bonds is 2. The van der Waals surface area contributed by atoms with Crippen molar-refractivity contribution in [3.63, 3.8) is 0 Å². The van der Waals surface area contributed by atoms with Gasteiger partial charge in [-0.2, -0.15) is 0 Å². The summed E-state index contributed by atoms with van der Waals surface area (Å²) in [6.45, 7) is 0. The predicted molar refractivity (Wildman–Crippen MR) is 56.8 cm³/mol. The van der Waals surface area contributed by atoms with Crippen molar-refractivity contribution in [2.24, 2.45) is 0 Å². The Bertz CT molecular complexity index is 395. The molecule has 0 atom stereocenters. The van der Waals surface area contributed by atoms with Gasteiger partial charge < -0.3 is 0 Å². The minimum Gasteiger partial charge on any atom is -0.293 e. The Kier molecular flexibility index (Phi) is 4.04. The fourth-order valence-electron chi connectivity index (χ4n) is 0.889. The lowest BCUT2D eigenvalue weighted by molar-refractivity contribution is 0.101. The molecule has 1 aromatic carbocycles. The van der Waals surface area contributed by atoms with E-state index >= 15 is 0 Å². The number of carbonyl (C=O) groups is 1. The number of alkyl halides is 1. The summed E-state index contributed by atoms with van der Waals surface area (Å²) < 4.78 is 26.1. The van der Waals surface area contributed by atoms with E-state index in [4.69, 9.17) is 11.6 Å². The highest BCUT2D eigenvalue weighted by atomic mass is 79.9. The van der Waals surface area contributed by atoms with Crippen LogP contribution in [0.25, 0.3) is 0 Å². The first-order valence-electron chi connectivity index (χ1n) is 3.41. The van der Waals surface area contributed by atoms with Gasteiger partial charge in [0.25, 0.3) is 0 Å². The molecule has 0 spiro atoms. The van der Waals surface area contributed by atoms with Gasteiger partial charge in [0.1, 0.15) is 11.6 Å². The lowest BCUT2D eigenvalue weighted by Crippen LogP contribution is -2.06. The fourth-order valence-corrected chi connectivity index (χ4v) is 1.93. The standard InChI is InChI=1S/C8H3Br2ClF2O/c9-7-4(13)1-3(12)6(8(7)10)5(14)2-11/h1H,2H2. The van der Waals surface area contributed by atoms with Gasteiger partial charge in [0.05, 0.1) is 15.9 Å². The van der Waals surface area contributed by atoms with Gasteiger partial charge in [0, 0.05) is 10.5 Å². The molecule has 0 saturated carbocycles. The number of hydrogen-bond donors (Lipinski definition) is 0. The highest BCUT2D eigenvalue weighted by Gasteiger charge is 2.19. The third-order valence-corrected chi connectivity index (χ3v) is 3.86. The van der Waals surface area contributed by atoms with E-state index in [1.165, 1.54) is 0 Å². The van der Waals surface area contributed by atoms with E-state index in [1.54, 1.807) is 0 Å². The molecule has 14 heavy (non-hydrogen) atoms. The van der Waals surface area contributed by atoms with Crippen LogP contribution in [0.15, 0.2) is 15.0 Å². The summed E-state index contributed by atoms with van der Waals surface area (Å²) in [5.41, 5.74) is -0.242. The van der Waals surface area contributed by atoms with E-state index in [-0.39, 0.29) is 20.4 Å². The summed E-state index contributed by atoms with van der Waals surface area (Å²) in [5, 5.41) is 0. The van der Waals surface area contributed by atoms with Crippen LogP contribution in [0.1, 0.15) is 10.4 Å². The van der Waals surface area contributed by atoms with Crippen LogP contribution in [0, 0.1) is 11.6 Å². The third kappa shape index (κ3) is 2.15. The molecule has 0 radical (unpaired) electrons. The number of halogens is 5. The lowest BCUT2D eigenvalue weighted by atomic mass is 10.1. The molecule has 0 bridgehead atoms. The zero-order valence-corrected chi connectivity index (χ0v) is 10.5. The van der Waals surface area contributed by atoms with Gasteiger partial charge in [-0.1, -0.05) is 0 Å². The Hall–Kier alpha value is 0. The van der Waals surface area contributed by atoms with E-state index in [0.717, 1.165) is 0 Å². The quantitative estimate of drug-likeness (QED) is 0.343. The molecule has 0 aromatic heterocycles. The van der Waals surface area contributed by atoms with E-state index in [1.807, 2.05) is 0 Å². The van der Waals surface area contributed by atoms with Gasteiger partial charge in [-0.05, 0) is 31.9 Å². The van der Waals surface area contributed by atoms with Gasteiger partial charge in [-0.15, -0.1) is 11.6 Å². The van der Waals surface area contributed by atoms with Crippen molar-refractivity contribution < 1.29 is 13.6 Å². The summed E-state index contributed by atoms with van der Waals surface area (Å²) in [4.78, 5) is 11.2. The Morgan fingerprint density at radius 3 is 2.36 bits per heavy atom. The van der Waals surface area contributed by atoms with Crippen LogP contribution in [-0.2, 0) is 0 Å². The maximum Gasteiger partial charge on any atom is 0.181 e. The van der Waals surface area contributed by atoms with Gasteiger partial charge in [0.15, 0.2) is 5.78 Å². The molecule has 76 valence electrons. The van der Waals surface area contributed by atoms with Gasteiger partial charge in [0.2, 0.25) is 0 Å². The monoisotopic (exact) mass is 346 g/mol. The van der Waals surface area contributed by atoms with Gasteiger partial charge in [-0.25, -0.2) is 8.78 Å². The summed E-state index contributed by atoms with van der Waals surface area (Å²) in [5.74, 6) is -2.66. The lowest BCUT2D eigenvalue weighted by Gasteiger charge is -2.05. The second-order valence-corrected chi connectivity index (χ2v) is 4.25. The summed E-state index contributed by atoms with van der Waals surface area (Å²) >= 11 is 11.1. The van der Waals surface area contributed by atoms with Gasteiger partial charge >= 0.3 is 0 Å². The van der Waals surface area contributed by atoms with Crippen molar-refractivity contribution in [1.82, 2.24) is 0 Å². The molecule has 0 heterocycles. The molecular weight excluding hydrogens is 345 g/mol. The molecule has 0 aliphatic rings. The van der Waals surface area contributed by atoms with Crippen LogP contribution in [0.3, 0.4) is 0 Å². The molecule has 0 aliphatic carbocycles. The molecule has 1 nitrogen and oxygen atoms in total. The Labute approximate surface area is 101 Å². The molecule has 1 aromatic rings. The molecule has 6 heteroatoms. The summed E-state index contributed by atoms with van der Waals surface area (Å²) in [6, 6.07) is 0.634. The van der Waals surface area contributed by atoms with Crippen molar-refractivity contribution in [2.75, 3.05) is 5.88 Å². The highest BCUT2D eigenvalue weighted by Crippen LogP contribution is 2.31. The molecular formula is C8H3Br2ClF2O. The zero-order chi connectivity index (χ0) is 10.9. The average molecular weight is 348 g/mol. The van der Waals surface area contributed by atoms with Gasteiger partial charge in [-0.3, -0.25) is 4.79 Å². The topological polar surface area (TPSA) is 17.1 Å². The average Bonchev–Trinajstić information content (AvgIpc) is 2.14. The second kappa shape index (κ2) is 4.68. The molecule has 0 unspecified atom stereocenters. The summed E-state index contributed by atoms with van der Waals surface area (Å²) in [6.07, 6.45) is 0. The van der Waals surface area contributed by atoms with Crippen LogP contribution in [0.4, 0.5) is 8.78 Å². The number of Topliss-reactive ketones (excluding diaryl/α,β-unsaturated/α-hetero) is 1. The molecule has 0 saturated heterocycles. The number of ketones is 1. The zero-order valence-electron chi connectivity index (χ0n) is 6.58. The predicted octanol–water partition coefficient (Wildman–Crippen LogP) is 3.91. The Balaban J connectivity index is 3.44. The van der Waals surface area contributed by atoms with E-state index < -0.39 is 17.4 Å². The molecule has 1 rings (SSSR count). The van der Waals surface area contributed by atoms with Crippen LogP contribution in [-0.4, -0.2) is 11.7 Å². The van der Waals surface area contributed by atoms with E-state index in [0.29, 0.717) is 6.07 Å². The van der Waals surface area contributed by atoms with Crippen molar-refractivity contribution in [2.45, 2.75) is 0 Å². The minimum absolute atomic E-state index is 0.00682. The van der Waals surface area contributed by atoms with Crippen molar-refractivity contribution in [3.05, 3.63) is 32.2 Å². The highest BCUT2D eigenvalue weighted by molar-refractivity contribution is 9.13. The smallest absolute Gasteiger partial charge is 0.181 e. The summed E-state index contributed by atoms with van der Waals surface area (Å²) in [7, 11) is 0. The van der Waals surface area contributed by atoms with Crippen LogP contribution in [0.2, 0.25) is 0 Å². The first kappa shape index (κ1) is 12.1. The second-order valence-electron chi connectivity index (χ2n) is 2.40. The number of hydrogen-bond acceptors (Lipinski definition) is 1. The van der Waals surface area contributed by atoms with Crippen molar-refractivity contribution in [3.8, 4) is 0 Å². The minimum atomic E-state index is -0.928. The first-order valence-corrected chi connectivity index (χ1v) is 5.53. The normalized spacial score (nSPS) is 10.4. The SMILES string of the molecule is O=C(CCl)c1c(F)cc(F)c(Br)c1Br.